The predicted molar refractivity (Wildman–Crippen MR) is 202 cm³/mol. The number of hydrogen-bond donors (Lipinski definition) is 0. The van der Waals surface area contributed by atoms with Crippen LogP contribution < -0.4 is 15.3 Å². The van der Waals surface area contributed by atoms with Gasteiger partial charge in [-0.15, -0.1) is 10.2 Å². The number of benzene rings is 4. The molecular weight excluding hydrogens is 629 g/mol. The zero-order chi connectivity index (χ0) is 34.7. The van der Waals surface area contributed by atoms with Crippen LogP contribution in [0.5, 0.6) is 0 Å². The molecule has 5 aromatic rings. The molecule has 0 amide bonds. The minimum absolute atomic E-state index is 0.00286. The van der Waals surface area contributed by atoms with E-state index in [0.717, 1.165) is 49.2 Å². The first-order valence-corrected chi connectivity index (χ1v) is 18.9. The highest BCUT2D eigenvalue weighted by atomic mass is 28.4. The lowest BCUT2D eigenvalue weighted by molar-refractivity contribution is -0.384. The van der Waals surface area contributed by atoms with Crippen molar-refractivity contribution in [1.82, 2.24) is 10.2 Å². The molecule has 0 unspecified atom stereocenters. The Bertz CT molecular complexity index is 1750. The fourth-order valence-electron chi connectivity index (χ4n) is 6.25. The summed E-state index contributed by atoms with van der Waals surface area (Å²) in [6, 6.07) is 36.1. The van der Waals surface area contributed by atoms with E-state index < -0.39 is 13.2 Å². The van der Waals surface area contributed by atoms with Gasteiger partial charge >= 0.3 is 0 Å². The lowest BCUT2D eigenvalue weighted by atomic mass is 10.1. The molecule has 0 bridgehead atoms. The van der Waals surface area contributed by atoms with E-state index in [4.69, 9.17) is 8.84 Å². The van der Waals surface area contributed by atoms with Gasteiger partial charge in [0.25, 0.3) is 14.0 Å². The van der Waals surface area contributed by atoms with Crippen molar-refractivity contribution >= 4 is 42.2 Å². The predicted octanol–water partition coefficient (Wildman–Crippen LogP) is 8.78. The van der Waals surface area contributed by atoms with Crippen LogP contribution in [0.1, 0.15) is 64.3 Å². The van der Waals surface area contributed by atoms with Crippen LogP contribution in [-0.4, -0.2) is 43.6 Å². The van der Waals surface area contributed by atoms with Crippen LogP contribution in [-0.2, 0) is 4.43 Å². The summed E-state index contributed by atoms with van der Waals surface area (Å²) in [5.41, 5.74) is 2.84. The largest absolute Gasteiger partial charge is 0.417 e. The molecule has 0 saturated heterocycles. The third kappa shape index (κ3) is 8.98. The highest BCUT2D eigenvalue weighted by Gasteiger charge is 2.49. The van der Waals surface area contributed by atoms with Crippen molar-refractivity contribution in [2.45, 2.75) is 57.9 Å². The minimum Gasteiger partial charge on any atom is -0.417 e. The maximum absolute atomic E-state index is 10.8. The summed E-state index contributed by atoms with van der Waals surface area (Å²) in [4.78, 5) is 12.7. The summed E-state index contributed by atoms with van der Waals surface area (Å²) in [7, 11) is -0.338. The van der Waals surface area contributed by atoms with Crippen molar-refractivity contribution in [1.29, 1.82) is 0 Å². The van der Waals surface area contributed by atoms with Crippen LogP contribution >= 0.6 is 0 Å². The molecule has 0 aliphatic rings. The highest BCUT2D eigenvalue weighted by Crippen LogP contribution is 2.37. The first kappa shape index (κ1) is 35.4. The number of nitro groups is 1. The quantitative estimate of drug-likeness (QED) is 0.0447. The standard InChI is InChI=1S/C40H46N4O4Si/c1-40(2,3)49(36-16-10-8-11-17-36,37-18-12-9-13-19-37)47-31-15-7-5-6-14-30-43(4)34-27-23-33(24-28-34)39-42-41-38(48-39)29-22-32-20-25-35(26-21-32)44(45)46/h8-13,16-29H,5-7,14-15,30-31H2,1-4H3/b29-22+. The smallest absolute Gasteiger partial charge is 0.269 e. The molecular formula is C40H46N4O4Si. The monoisotopic (exact) mass is 674 g/mol. The number of unbranched alkanes of at least 4 members (excludes halogenated alkanes) is 4. The van der Waals surface area contributed by atoms with Gasteiger partial charge in [0, 0.05) is 49.7 Å². The van der Waals surface area contributed by atoms with E-state index in [0.29, 0.717) is 11.8 Å². The zero-order valence-electron chi connectivity index (χ0n) is 28.9. The molecule has 0 aliphatic carbocycles. The topological polar surface area (TPSA) is 94.5 Å². The first-order valence-electron chi connectivity index (χ1n) is 17.0. The number of nitrogens with zero attached hydrogens (tertiary/aromatic N) is 4. The Hall–Kier alpha value is -4.86. The Labute approximate surface area is 290 Å². The van der Waals surface area contributed by atoms with Gasteiger partial charge < -0.3 is 13.7 Å². The third-order valence-electron chi connectivity index (χ3n) is 8.89. The van der Waals surface area contributed by atoms with Crippen LogP contribution in [0.3, 0.4) is 0 Å². The van der Waals surface area contributed by atoms with Crippen molar-refractivity contribution in [2.24, 2.45) is 0 Å². The van der Waals surface area contributed by atoms with Gasteiger partial charge in [-0.05, 0) is 76.3 Å². The second kappa shape index (κ2) is 16.5. The van der Waals surface area contributed by atoms with Crippen molar-refractivity contribution in [2.75, 3.05) is 25.1 Å². The average molecular weight is 675 g/mol. The second-order valence-electron chi connectivity index (χ2n) is 13.4. The number of nitro benzene ring substituents is 1. The van der Waals surface area contributed by atoms with Gasteiger partial charge in [-0.3, -0.25) is 10.1 Å². The molecule has 4 aromatic carbocycles. The third-order valence-corrected chi connectivity index (χ3v) is 13.9. The van der Waals surface area contributed by atoms with Gasteiger partial charge in [0.05, 0.1) is 4.92 Å². The van der Waals surface area contributed by atoms with Crippen LogP contribution in [0, 0.1) is 10.1 Å². The fraction of sp³-hybridized carbons (Fsp3) is 0.300. The van der Waals surface area contributed by atoms with E-state index in [9.17, 15) is 10.1 Å². The molecule has 8 nitrogen and oxygen atoms in total. The summed E-state index contributed by atoms with van der Waals surface area (Å²) in [6.07, 6.45) is 9.20. The van der Waals surface area contributed by atoms with Crippen molar-refractivity contribution in [3.63, 3.8) is 0 Å². The SMILES string of the molecule is CN(CCCCCCCO[Si](c1ccccc1)(c1ccccc1)C(C)(C)C)c1ccc(-c2nnc(/C=C/c3ccc([N+](=O)[O-])cc3)o2)cc1. The van der Waals surface area contributed by atoms with Crippen molar-refractivity contribution in [3.05, 3.63) is 131 Å². The first-order chi connectivity index (χ1) is 23.7. The van der Waals surface area contributed by atoms with E-state index in [1.165, 1.54) is 35.3 Å². The Kier molecular flexibility index (Phi) is 11.9. The van der Waals surface area contributed by atoms with E-state index in [-0.39, 0.29) is 10.7 Å². The Balaban J connectivity index is 1.05. The lowest BCUT2D eigenvalue weighted by Gasteiger charge is -2.43. The van der Waals surface area contributed by atoms with Gasteiger partial charge in [-0.25, -0.2) is 0 Å². The molecule has 0 N–H and O–H groups in total. The van der Waals surface area contributed by atoms with Crippen LogP contribution in [0.15, 0.2) is 114 Å². The summed E-state index contributed by atoms with van der Waals surface area (Å²) in [6.45, 7) is 8.75. The molecule has 9 heteroatoms. The number of anilines is 1. The zero-order valence-corrected chi connectivity index (χ0v) is 29.9. The van der Waals surface area contributed by atoms with E-state index in [2.05, 4.69) is 116 Å². The Morgan fingerprint density at radius 3 is 1.96 bits per heavy atom. The molecule has 0 spiro atoms. The van der Waals surface area contributed by atoms with Crippen molar-refractivity contribution in [3.8, 4) is 11.5 Å². The molecule has 5 rings (SSSR count). The summed E-state index contributed by atoms with van der Waals surface area (Å²) >= 11 is 0. The number of aromatic nitrogens is 2. The van der Waals surface area contributed by atoms with Crippen LogP contribution in [0.2, 0.25) is 5.04 Å². The molecule has 0 atom stereocenters. The molecule has 49 heavy (non-hydrogen) atoms. The Morgan fingerprint density at radius 1 is 0.776 bits per heavy atom. The van der Waals surface area contributed by atoms with Crippen molar-refractivity contribution < 1.29 is 13.8 Å². The maximum Gasteiger partial charge on any atom is 0.269 e. The number of rotatable bonds is 16. The summed E-state index contributed by atoms with van der Waals surface area (Å²) in [5, 5.41) is 21.8. The molecule has 0 aliphatic heterocycles. The van der Waals surface area contributed by atoms with E-state index in [1.807, 2.05) is 12.1 Å². The lowest BCUT2D eigenvalue weighted by Crippen LogP contribution is -2.66. The van der Waals surface area contributed by atoms with Crippen LogP contribution in [0.4, 0.5) is 11.4 Å². The molecule has 1 aromatic heterocycles. The van der Waals surface area contributed by atoms with Gasteiger partial charge in [-0.1, -0.05) is 101 Å². The molecule has 254 valence electrons. The number of hydrogen-bond acceptors (Lipinski definition) is 7. The molecule has 1 heterocycles. The Morgan fingerprint density at radius 2 is 1.37 bits per heavy atom. The minimum atomic E-state index is -2.46. The number of non-ortho nitro benzene ring substituents is 1. The van der Waals surface area contributed by atoms with Gasteiger partial charge in [0.15, 0.2) is 0 Å². The normalized spacial score (nSPS) is 12.0. The second-order valence-corrected chi connectivity index (χ2v) is 17.7. The summed E-state index contributed by atoms with van der Waals surface area (Å²) < 4.78 is 12.9. The molecule has 0 radical (unpaired) electrons. The maximum atomic E-state index is 10.8. The van der Waals surface area contributed by atoms with Gasteiger partial charge in [0.2, 0.25) is 11.8 Å². The van der Waals surface area contributed by atoms with E-state index >= 15 is 0 Å². The molecule has 0 saturated carbocycles. The molecule has 0 fully saturated rings. The summed E-state index contributed by atoms with van der Waals surface area (Å²) in [5.74, 6) is 0.806. The fourth-order valence-corrected chi connectivity index (χ4v) is 10.9. The van der Waals surface area contributed by atoms with E-state index in [1.54, 1.807) is 24.3 Å². The average Bonchev–Trinajstić information content (AvgIpc) is 3.60. The van der Waals surface area contributed by atoms with Gasteiger partial charge in [0.1, 0.15) is 0 Å². The van der Waals surface area contributed by atoms with Gasteiger partial charge in [-0.2, -0.15) is 0 Å². The van der Waals surface area contributed by atoms with Crippen LogP contribution in [0.25, 0.3) is 23.6 Å². The highest BCUT2D eigenvalue weighted by molar-refractivity contribution is 6.99.